The van der Waals surface area contributed by atoms with Crippen LogP contribution in [0.1, 0.15) is 62.7 Å². The van der Waals surface area contributed by atoms with Crippen molar-refractivity contribution in [3.05, 3.63) is 29.7 Å². The van der Waals surface area contributed by atoms with E-state index in [1.165, 1.54) is 31.2 Å². The van der Waals surface area contributed by atoms with Crippen molar-refractivity contribution in [1.82, 2.24) is 0 Å². The summed E-state index contributed by atoms with van der Waals surface area (Å²) in [5.74, 6) is 2.65. The maximum atomic E-state index is 11.9. The lowest BCUT2D eigenvalue weighted by Gasteiger charge is -2.58. The third-order valence-electron chi connectivity index (χ3n) is 8.22. The van der Waals surface area contributed by atoms with Crippen molar-refractivity contribution < 1.29 is 13.9 Å². The van der Waals surface area contributed by atoms with E-state index in [1.807, 2.05) is 6.26 Å². The lowest BCUT2D eigenvalue weighted by atomic mass is 9.46. The predicted octanol–water partition coefficient (Wildman–Crippen LogP) is 4.58. The summed E-state index contributed by atoms with van der Waals surface area (Å²) in [6, 6.07) is 2.17. The van der Waals surface area contributed by atoms with Crippen LogP contribution in [0.3, 0.4) is 0 Å². The Morgan fingerprint density at radius 2 is 2.21 bits per heavy atom. The van der Waals surface area contributed by atoms with E-state index in [9.17, 15) is 4.79 Å². The molecule has 3 heteroatoms. The van der Waals surface area contributed by atoms with Crippen LogP contribution in [-0.4, -0.2) is 19.0 Å². The molecule has 5 rings (SSSR count). The molecule has 0 radical (unpaired) electrons. The lowest BCUT2D eigenvalue weighted by Crippen LogP contribution is -2.49. The second-order valence-electron chi connectivity index (χ2n) is 8.88. The minimum Gasteiger partial charge on any atom is -0.465 e. The number of ether oxygens (including phenoxy) is 1. The van der Waals surface area contributed by atoms with Crippen LogP contribution in [0.25, 0.3) is 6.08 Å². The normalized spacial score (nSPS) is 48.5. The van der Waals surface area contributed by atoms with Crippen LogP contribution in [-0.2, 0) is 9.53 Å². The quantitative estimate of drug-likeness (QED) is 0.747. The van der Waals surface area contributed by atoms with E-state index in [2.05, 4.69) is 25.1 Å². The molecule has 1 spiro atoms. The molecule has 0 aliphatic heterocycles. The fourth-order valence-corrected chi connectivity index (χ4v) is 7.19. The van der Waals surface area contributed by atoms with Crippen molar-refractivity contribution in [2.75, 3.05) is 7.11 Å². The second kappa shape index (κ2) is 4.63. The van der Waals surface area contributed by atoms with Crippen molar-refractivity contribution in [1.29, 1.82) is 0 Å². The van der Waals surface area contributed by atoms with Crippen LogP contribution >= 0.6 is 0 Å². The van der Waals surface area contributed by atoms with Gasteiger partial charge in [0.25, 0.3) is 0 Å². The fourth-order valence-electron chi connectivity index (χ4n) is 7.19. The molecule has 1 aromatic heterocycles. The summed E-state index contributed by atoms with van der Waals surface area (Å²) in [6.07, 6.45) is 14.4. The molecular weight excluding hydrogens is 300 g/mol. The van der Waals surface area contributed by atoms with Crippen LogP contribution in [0, 0.1) is 22.7 Å². The highest BCUT2D eigenvalue weighted by Crippen LogP contribution is 2.71. The van der Waals surface area contributed by atoms with E-state index in [0.717, 1.165) is 24.9 Å². The number of aldehydes is 1. The number of furan rings is 1. The molecule has 3 saturated carbocycles. The monoisotopic (exact) mass is 326 g/mol. The molecule has 6 atom stereocenters. The lowest BCUT2D eigenvalue weighted by molar-refractivity contribution is -0.132. The van der Waals surface area contributed by atoms with Crippen molar-refractivity contribution in [3.63, 3.8) is 0 Å². The maximum absolute atomic E-state index is 11.9. The zero-order valence-electron chi connectivity index (χ0n) is 14.6. The molecule has 3 fully saturated rings. The molecule has 0 unspecified atom stereocenters. The van der Waals surface area contributed by atoms with Gasteiger partial charge in [0.2, 0.25) is 0 Å². The molecule has 2 bridgehead atoms. The molecule has 24 heavy (non-hydrogen) atoms. The van der Waals surface area contributed by atoms with E-state index in [4.69, 9.17) is 9.15 Å². The highest BCUT2D eigenvalue weighted by Gasteiger charge is 2.66. The first kappa shape index (κ1) is 14.9. The Bertz CT molecular complexity index is 718. The summed E-state index contributed by atoms with van der Waals surface area (Å²) in [5.41, 5.74) is 1.31. The van der Waals surface area contributed by atoms with Gasteiger partial charge in [-0.05, 0) is 79.3 Å². The third kappa shape index (κ3) is 1.60. The minimum absolute atomic E-state index is 0.173. The molecule has 0 saturated heterocycles. The van der Waals surface area contributed by atoms with Crippen molar-refractivity contribution in [3.8, 4) is 0 Å². The number of methoxy groups -OCH3 is 1. The number of carbonyl (C=O) groups excluding carboxylic acids is 1. The first-order chi connectivity index (χ1) is 11.6. The van der Waals surface area contributed by atoms with E-state index < -0.39 is 5.60 Å². The Kier molecular flexibility index (Phi) is 2.88. The van der Waals surface area contributed by atoms with Crippen LogP contribution in [0.2, 0.25) is 0 Å². The molecule has 0 N–H and O–H groups in total. The molecule has 1 heterocycles. The van der Waals surface area contributed by atoms with Crippen molar-refractivity contribution >= 4 is 12.4 Å². The highest BCUT2D eigenvalue weighted by molar-refractivity contribution is 5.65. The summed E-state index contributed by atoms with van der Waals surface area (Å²) >= 11 is 0. The van der Waals surface area contributed by atoms with E-state index in [-0.39, 0.29) is 10.8 Å². The van der Waals surface area contributed by atoms with Gasteiger partial charge in [0.05, 0.1) is 6.26 Å². The topological polar surface area (TPSA) is 39.4 Å². The zero-order chi connectivity index (χ0) is 16.6. The van der Waals surface area contributed by atoms with Crippen molar-refractivity contribution in [2.45, 2.75) is 57.0 Å². The maximum Gasteiger partial charge on any atom is 0.152 e. The Labute approximate surface area is 143 Å². The van der Waals surface area contributed by atoms with Gasteiger partial charge in [-0.2, -0.15) is 0 Å². The van der Waals surface area contributed by atoms with Crippen LogP contribution in [0.15, 0.2) is 22.8 Å². The Balaban J connectivity index is 1.58. The van der Waals surface area contributed by atoms with Gasteiger partial charge in [0.15, 0.2) is 6.29 Å². The van der Waals surface area contributed by atoms with Gasteiger partial charge in [-0.15, -0.1) is 0 Å². The van der Waals surface area contributed by atoms with Gasteiger partial charge in [-0.3, -0.25) is 0 Å². The summed E-state index contributed by atoms with van der Waals surface area (Å²) in [6.45, 7) is 2.45. The Morgan fingerprint density at radius 1 is 1.33 bits per heavy atom. The molecular formula is C21H26O3. The van der Waals surface area contributed by atoms with Crippen molar-refractivity contribution in [2.24, 2.45) is 22.7 Å². The van der Waals surface area contributed by atoms with E-state index >= 15 is 0 Å². The van der Waals surface area contributed by atoms with Crippen LogP contribution in [0.5, 0.6) is 0 Å². The van der Waals surface area contributed by atoms with Gasteiger partial charge in [-0.1, -0.05) is 13.0 Å². The van der Waals surface area contributed by atoms with Gasteiger partial charge in [0.1, 0.15) is 11.4 Å². The number of rotatable bonds is 2. The largest absolute Gasteiger partial charge is 0.465 e. The average molecular weight is 326 g/mol. The van der Waals surface area contributed by atoms with Gasteiger partial charge < -0.3 is 13.9 Å². The summed E-state index contributed by atoms with van der Waals surface area (Å²) in [7, 11) is 1.73. The second-order valence-corrected chi connectivity index (χ2v) is 8.88. The molecule has 3 nitrogen and oxygen atoms in total. The summed E-state index contributed by atoms with van der Waals surface area (Å²) in [5, 5.41) is 0. The van der Waals surface area contributed by atoms with Gasteiger partial charge >= 0.3 is 0 Å². The van der Waals surface area contributed by atoms with E-state index in [1.54, 1.807) is 7.11 Å². The molecule has 0 amide bonds. The fraction of sp³-hybridized carbons (Fsp3) is 0.667. The van der Waals surface area contributed by atoms with Crippen LogP contribution < -0.4 is 0 Å². The first-order valence-electron chi connectivity index (χ1n) is 9.35. The number of fused-ring (bicyclic) bond motifs is 5. The smallest absolute Gasteiger partial charge is 0.152 e. The van der Waals surface area contributed by atoms with Crippen LogP contribution in [0.4, 0.5) is 0 Å². The molecule has 1 aromatic rings. The molecule has 128 valence electrons. The summed E-state index contributed by atoms with van der Waals surface area (Å²) in [4.78, 5) is 11.9. The number of carbonyl (C=O) groups is 1. The number of hydrogen-bond donors (Lipinski definition) is 0. The Hall–Kier alpha value is -1.35. The van der Waals surface area contributed by atoms with Gasteiger partial charge in [0, 0.05) is 12.7 Å². The summed E-state index contributed by atoms with van der Waals surface area (Å²) < 4.78 is 11.5. The van der Waals surface area contributed by atoms with Gasteiger partial charge in [-0.25, -0.2) is 0 Å². The zero-order valence-corrected chi connectivity index (χ0v) is 14.6. The minimum atomic E-state index is -0.531. The molecule has 4 aliphatic rings. The molecule has 0 aromatic carbocycles. The first-order valence-corrected chi connectivity index (χ1v) is 9.35. The predicted molar refractivity (Wildman–Crippen MR) is 91.5 cm³/mol. The standard InChI is InChI=1S/C21H26O3/c1-19-8-6-17-15(7-10-24-17)16(19)5-9-20-11-14(3-4-18(19)20)21(12-20,13-22)23-2/h6-8,10,13-14,16,18H,3-5,9,11-12H2,1-2H3/t14-,16-,18+,19-,20+,21+/m1/s1. The SMILES string of the molecule is CO[C@]1(C=O)C[C@@]23CC[C@@H]4c5ccoc5C=C[C@@]4(C)[C@@H]2CC[C@@H]1C3. The number of allylic oxidation sites excluding steroid dienone is 1. The number of hydrogen-bond acceptors (Lipinski definition) is 3. The third-order valence-corrected chi connectivity index (χ3v) is 8.22. The Morgan fingerprint density at radius 3 is 3.00 bits per heavy atom. The van der Waals surface area contributed by atoms with E-state index in [0.29, 0.717) is 17.8 Å². The highest BCUT2D eigenvalue weighted by atomic mass is 16.5. The molecule has 4 aliphatic carbocycles. The average Bonchev–Trinajstić information content (AvgIpc) is 3.15.